The summed E-state index contributed by atoms with van der Waals surface area (Å²) in [7, 11) is 0. The number of unbranched alkanes of at least 4 members (excludes halogenated alkanes) is 2. The van der Waals surface area contributed by atoms with Gasteiger partial charge in [0, 0.05) is 0 Å². The molecule has 3 heteroatoms. The van der Waals surface area contributed by atoms with Crippen molar-refractivity contribution >= 4 is 0 Å². The van der Waals surface area contributed by atoms with E-state index in [0.29, 0.717) is 0 Å². The molecule has 0 unspecified atom stereocenters. The Bertz CT molecular complexity index is 258. The van der Waals surface area contributed by atoms with E-state index in [9.17, 15) is 10.2 Å². The van der Waals surface area contributed by atoms with Gasteiger partial charge in [0.2, 0.25) is 0 Å². The molecule has 2 nitrogen and oxygen atoms in total. The van der Waals surface area contributed by atoms with Crippen LogP contribution in [0.4, 0.5) is 0 Å². The van der Waals surface area contributed by atoms with Crippen molar-refractivity contribution in [3.63, 3.8) is 0 Å². The van der Waals surface area contributed by atoms with Gasteiger partial charge >= 0.3 is 62.2 Å². The van der Waals surface area contributed by atoms with Gasteiger partial charge in [0.1, 0.15) is 0 Å². The Hall–Kier alpha value is -0.237. The van der Waals surface area contributed by atoms with Gasteiger partial charge in [-0.1, -0.05) is 25.0 Å². The van der Waals surface area contributed by atoms with Crippen LogP contribution in [0.5, 0.6) is 0 Å². The summed E-state index contributed by atoms with van der Waals surface area (Å²) in [6, 6.07) is 0. The van der Waals surface area contributed by atoms with Crippen LogP contribution in [-0.2, 0) is 23.2 Å². The van der Waals surface area contributed by atoms with Crippen LogP contribution in [0, 0.1) is 0 Å². The Morgan fingerprint density at radius 2 is 1.70 bits per heavy atom. The van der Waals surface area contributed by atoms with E-state index in [0.717, 1.165) is 25.7 Å². The standard InChI is InChI=1S/2C5H9O.C5H5.C2H5.Zr/c2*1-2-3-4-5-6;1-2-4-5-3-1;1-2;/h2*2H,1,3-5H2;1-3H,4H2;1H2,2H3;/q2*-1;;;+2. The predicted molar refractivity (Wildman–Crippen MR) is 80.9 cm³/mol. The molecule has 0 aromatic heterocycles. The number of allylic oxidation sites excluding steroid dienone is 6. The molecule has 0 saturated heterocycles. The molecule has 0 N–H and O–H groups in total. The van der Waals surface area contributed by atoms with Gasteiger partial charge in [0.25, 0.3) is 0 Å². The zero-order valence-electron chi connectivity index (χ0n) is 12.8. The van der Waals surface area contributed by atoms with E-state index in [2.05, 4.69) is 38.3 Å². The maximum absolute atomic E-state index is 9.64. The molecule has 0 saturated carbocycles. The fourth-order valence-electron chi connectivity index (χ4n) is 1.26. The van der Waals surface area contributed by atoms with E-state index in [4.69, 9.17) is 0 Å². The number of hydrogen-bond acceptors (Lipinski definition) is 2. The van der Waals surface area contributed by atoms with E-state index in [1.807, 2.05) is 0 Å². The van der Waals surface area contributed by atoms with Crippen LogP contribution >= 0.6 is 0 Å². The van der Waals surface area contributed by atoms with Crippen molar-refractivity contribution in [2.24, 2.45) is 0 Å². The van der Waals surface area contributed by atoms with E-state index in [1.165, 1.54) is 10.5 Å². The van der Waals surface area contributed by atoms with E-state index in [-0.39, 0.29) is 36.4 Å². The summed E-state index contributed by atoms with van der Waals surface area (Å²) in [6.45, 7) is 9.28. The van der Waals surface area contributed by atoms with Gasteiger partial charge in [-0.3, -0.25) is 0 Å². The first-order valence-corrected chi connectivity index (χ1v) is 10.2. The van der Waals surface area contributed by atoms with Crippen LogP contribution in [0.25, 0.3) is 0 Å². The first kappa shape index (κ1) is 22.1. The molecule has 0 radical (unpaired) electrons. The monoisotopic (exact) mass is 354 g/mol. The summed E-state index contributed by atoms with van der Waals surface area (Å²) >= 11 is -0.0469. The van der Waals surface area contributed by atoms with Crippen LogP contribution < -0.4 is 10.2 Å². The van der Waals surface area contributed by atoms with Gasteiger partial charge in [-0.15, -0.1) is 26.4 Å². The topological polar surface area (TPSA) is 46.1 Å². The third kappa shape index (κ3) is 20.1. The second-order valence-electron chi connectivity index (χ2n) is 4.12. The maximum atomic E-state index is 9.64. The molecule has 0 aliphatic heterocycles. The zero-order chi connectivity index (χ0) is 15.5. The molecular weight excluding hydrogens is 327 g/mol. The molecule has 112 valence electrons. The van der Waals surface area contributed by atoms with E-state index in [1.54, 1.807) is 15.4 Å². The Morgan fingerprint density at radius 3 is 1.95 bits per heavy atom. The third-order valence-electron chi connectivity index (χ3n) is 2.28. The van der Waals surface area contributed by atoms with Gasteiger partial charge in [-0.25, -0.2) is 0 Å². The van der Waals surface area contributed by atoms with Crippen LogP contribution in [0.15, 0.2) is 46.8 Å². The first-order valence-electron chi connectivity index (χ1n) is 7.24. The summed E-state index contributed by atoms with van der Waals surface area (Å²) in [6.07, 6.45) is 14.8. The predicted octanol–water partition coefficient (Wildman–Crippen LogP) is 2.98. The second kappa shape index (κ2) is 21.1. The molecule has 20 heavy (non-hydrogen) atoms. The van der Waals surface area contributed by atoms with Gasteiger partial charge < -0.3 is 10.2 Å². The normalized spacial score (nSPS) is 11.2. The van der Waals surface area contributed by atoms with Crippen LogP contribution in [0.1, 0.15) is 39.0 Å². The molecule has 0 atom stereocenters. The minimum atomic E-state index is -0.0469. The molecule has 0 amide bonds. The van der Waals surface area contributed by atoms with Crippen LogP contribution in [0.3, 0.4) is 0 Å². The molecule has 0 bridgehead atoms. The van der Waals surface area contributed by atoms with Crippen molar-refractivity contribution in [1.29, 1.82) is 0 Å². The average molecular weight is 356 g/mol. The van der Waals surface area contributed by atoms with Gasteiger partial charge in [0.15, 0.2) is 0 Å². The quantitative estimate of drug-likeness (QED) is 0.496. The van der Waals surface area contributed by atoms with Crippen molar-refractivity contribution in [3.05, 3.63) is 46.8 Å². The fourth-order valence-corrected chi connectivity index (χ4v) is 3.55. The first-order chi connectivity index (χ1) is 9.76. The Balaban J connectivity index is 0. The van der Waals surface area contributed by atoms with Gasteiger partial charge in [-0.2, -0.15) is 0 Å². The molecule has 0 fully saturated rings. The van der Waals surface area contributed by atoms with Gasteiger partial charge in [-0.05, 0) is 12.8 Å². The second-order valence-corrected chi connectivity index (χ2v) is 8.31. The third-order valence-corrected chi connectivity index (χ3v) is 5.18. The molecule has 1 rings (SSSR count). The fraction of sp³-hybridized carbons (Fsp3) is 0.529. The molecule has 0 aromatic carbocycles. The molecule has 0 spiro atoms. The summed E-state index contributed by atoms with van der Waals surface area (Å²) in [5, 5.41) is 19.3. The molecule has 0 aromatic rings. The average Bonchev–Trinajstić information content (AvgIpc) is 2.98. The van der Waals surface area contributed by atoms with Crippen LogP contribution in [-0.4, -0.2) is 13.2 Å². The zero-order valence-corrected chi connectivity index (χ0v) is 15.2. The van der Waals surface area contributed by atoms with Crippen molar-refractivity contribution in [2.75, 3.05) is 13.2 Å². The molecule has 1 aliphatic carbocycles. The molecular formula is C17H28O2Zr. The number of hydrogen-bond donors (Lipinski definition) is 0. The van der Waals surface area contributed by atoms with Crippen molar-refractivity contribution in [1.82, 2.24) is 0 Å². The number of rotatable bonds is 8. The van der Waals surface area contributed by atoms with Crippen LogP contribution in [0.2, 0.25) is 4.13 Å². The summed E-state index contributed by atoms with van der Waals surface area (Å²) in [5.74, 6) is 0. The summed E-state index contributed by atoms with van der Waals surface area (Å²) in [4.78, 5) is 0. The molecule has 1 aliphatic rings. The Morgan fingerprint density at radius 1 is 1.15 bits per heavy atom. The summed E-state index contributed by atoms with van der Waals surface area (Å²) < 4.78 is 3.22. The van der Waals surface area contributed by atoms with E-state index >= 15 is 0 Å². The summed E-state index contributed by atoms with van der Waals surface area (Å²) in [5.41, 5.74) is 0. The van der Waals surface area contributed by atoms with Crippen molar-refractivity contribution < 1.29 is 33.4 Å². The Labute approximate surface area is 136 Å². The van der Waals surface area contributed by atoms with E-state index < -0.39 is 0 Å². The SMILES string of the molecule is C=CCCC[O-].C=CCCC[O-].C[CH2][Zr+2][C]1=CC=CC1. The molecule has 0 heterocycles. The van der Waals surface area contributed by atoms with Crippen molar-refractivity contribution in [3.8, 4) is 0 Å². The van der Waals surface area contributed by atoms with Gasteiger partial charge in [0.05, 0.1) is 0 Å². The minimum absolute atomic E-state index is 0.0337. The van der Waals surface area contributed by atoms with Crippen molar-refractivity contribution in [2.45, 2.75) is 43.2 Å². The Kier molecular flexibility index (Phi) is 23.2.